The van der Waals surface area contributed by atoms with E-state index in [1.165, 1.54) is 0 Å². The molecule has 0 amide bonds. The first kappa shape index (κ1) is 10.1. The maximum atomic E-state index is 11.4. The van der Waals surface area contributed by atoms with Gasteiger partial charge in [-0.15, -0.1) is 0 Å². The Morgan fingerprint density at radius 1 is 1.35 bits per heavy atom. The number of H-pyrrole nitrogens is 1. The van der Waals surface area contributed by atoms with E-state index < -0.39 is 0 Å². The standard InChI is InChI=1S/C11H9BN4O/c12-7-3-6(4-13-5-7)9-8-1-2-14-10(8)16-11(17)15-9/h3-5H,1-2H2,(H2,14,15,16,17). The van der Waals surface area contributed by atoms with Crippen LogP contribution in [0, 0.1) is 0 Å². The van der Waals surface area contributed by atoms with E-state index in [1.54, 1.807) is 18.5 Å². The summed E-state index contributed by atoms with van der Waals surface area (Å²) in [5.41, 5.74) is 2.78. The van der Waals surface area contributed by atoms with Crippen LogP contribution in [0.2, 0.25) is 0 Å². The molecular weight excluding hydrogens is 215 g/mol. The second-order valence-electron chi connectivity index (χ2n) is 3.93. The van der Waals surface area contributed by atoms with Crippen LogP contribution in [0.15, 0.2) is 23.3 Å². The molecule has 2 N–H and O–H groups in total. The summed E-state index contributed by atoms with van der Waals surface area (Å²) in [6.07, 6.45) is 4.09. The van der Waals surface area contributed by atoms with E-state index in [1.807, 2.05) is 0 Å². The zero-order chi connectivity index (χ0) is 11.8. The Bertz CT molecular complexity index is 638. The number of pyridine rings is 1. The zero-order valence-electron chi connectivity index (χ0n) is 9.03. The van der Waals surface area contributed by atoms with Crippen LogP contribution in [0.4, 0.5) is 5.82 Å². The molecule has 0 fully saturated rings. The largest absolute Gasteiger partial charge is 0.369 e. The normalized spacial score (nSPS) is 13.2. The number of nitrogens with zero attached hydrogens (tertiary/aromatic N) is 2. The molecule has 0 spiro atoms. The second kappa shape index (κ2) is 3.73. The zero-order valence-corrected chi connectivity index (χ0v) is 9.03. The second-order valence-corrected chi connectivity index (χ2v) is 3.93. The molecule has 0 aliphatic carbocycles. The van der Waals surface area contributed by atoms with Crippen molar-refractivity contribution in [3.8, 4) is 11.3 Å². The lowest BCUT2D eigenvalue weighted by Crippen LogP contribution is -2.14. The number of rotatable bonds is 1. The first-order valence-electron chi connectivity index (χ1n) is 5.32. The SMILES string of the molecule is [B]c1cncc(-c2[nH]c(=O)nc3c2CCN3)c1. The Balaban J connectivity index is 2.24. The highest BCUT2D eigenvalue weighted by Gasteiger charge is 2.18. The Morgan fingerprint density at radius 2 is 2.24 bits per heavy atom. The van der Waals surface area contributed by atoms with Crippen molar-refractivity contribution in [1.29, 1.82) is 0 Å². The summed E-state index contributed by atoms with van der Waals surface area (Å²) in [5, 5.41) is 3.08. The van der Waals surface area contributed by atoms with E-state index in [0.717, 1.165) is 29.8 Å². The maximum absolute atomic E-state index is 11.4. The van der Waals surface area contributed by atoms with Crippen LogP contribution in [0.5, 0.6) is 0 Å². The van der Waals surface area contributed by atoms with Crippen LogP contribution in [0.25, 0.3) is 11.3 Å². The third-order valence-corrected chi connectivity index (χ3v) is 2.75. The third-order valence-electron chi connectivity index (χ3n) is 2.75. The van der Waals surface area contributed by atoms with Crippen LogP contribution in [-0.4, -0.2) is 29.3 Å². The lowest BCUT2D eigenvalue weighted by Gasteiger charge is -2.07. The molecule has 82 valence electrons. The van der Waals surface area contributed by atoms with Gasteiger partial charge in [0.15, 0.2) is 0 Å². The number of hydrogen-bond donors (Lipinski definition) is 2. The fourth-order valence-corrected chi connectivity index (χ4v) is 2.03. The Labute approximate surface area is 98.7 Å². The van der Waals surface area contributed by atoms with Crippen molar-refractivity contribution in [3.63, 3.8) is 0 Å². The van der Waals surface area contributed by atoms with E-state index in [2.05, 4.69) is 20.3 Å². The smallest absolute Gasteiger partial charge is 0.347 e. The summed E-state index contributed by atoms with van der Waals surface area (Å²) in [4.78, 5) is 22.1. The van der Waals surface area contributed by atoms with Crippen molar-refractivity contribution in [2.24, 2.45) is 0 Å². The highest BCUT2D eigenvalue weighted by Crippen LogP contribution is 2.27. The molecule has 5 nitrogen and oxygen atoms in total. The number of aromatic amines is 1. The topological polar surface area (TPSA) is 70.7 Å². The molecule has 0 aromatic carbocycles. The lowest BCUT2D eigenvalue weighted by atomic mass is 9.95. The highest BCUT2D eigenvalue weighted by molar-refractivity contribution is 6.32. The minimum absolute atomic E-state index is 0.365. The van der Waals surface area contributed by atoms with Gasteiger partial charge in [0.25, 0.3) is 0 Å². The predicted octanol–water partition coefficient (Wildman–Crippen LogP) is -0.406. The Kier molecular flexibility index (Phi) is 2.21. The van der Waals surface area contributed by atoms with Crippen LogP contribution < -0.4 is 16.5 Å². The van der Waals surface area contributed by atoms with Crippen LogP contribution in [-0.2, 0) is 6.42 Å². The fourth-order valence-electron chi connectivity index (χ4n) is 2.03. The predicted molar refractivity (Wildman–Crippen MR) is 65.7 cm³/mol. The molecule has 2 radical (unpaired) electrons. The van der Waals surface area contributed by atoms with Crippen LogP contribution in [0.1, 0.15) is 5.56 Å². The van der Waals surface area contributed by atoms with Gasteiger partial charge in [-0.2, -0.15) is 4.98 Å². The number of aromatic nitrogens is 3. The molecule has 17 heavy (non-hydrogen) atoms. The van der Waals surface area contributed by atoms with E-state index in [-0.39, 0.29) is 5.69 Å². The molecule has 3 rings (SSSR count). The third kappa shape index (κ3) is 1.71. The van der Waals surface area contributed by atoms with Crippen molar-refractivity contribution in [2.75, 3.05) is 11.9 Å². The first-order chi connectivity index (χ1) is 8.24. The highest BCUT2D eigenvalue weighted by atomic mass is 16.1. The molecule has 0 atom stereocenters. The number of fused-ring (bicyclic) bond motifs is 1. The van der Waals surface area contributed by atoms with Gasteiger partial charge in [0.1, 0.15) is 13.7 Å². The Morgan fingerprint density at radius 3 is 3.06 bits per heavy atom. The van der Waals surface area contributed by atoms with E-state index >= 15 is 0 Å². The minimum Gasteiger partial charge on any atom is -0.369 e. The van der Waals surface area contributed by atoms with Gasteiger partial charge in [-0.05, 0) is 6.42 Å². The molecule has 0 bridgehead atoms. The van der Waals surface area contributed by atoms with Crippen molar-refractivity contribution < 1.29 is 0 Å². The maximum Gasteiger partial charge on any atom is 0.347 e. The van der Waals surface area contributed by atoms with Crippen molar-refractivity contribution >= 4 is 19.1 Å². The van der Waals surface area contributed by atoms with Gasteiger partial charge in [0.05, 0.1) is 5.69 Å². The average molecular weight is 224 g/mol. The molecule has 0 unspecified atom stereocenters. The number of hydrogen-bond acceptors (Lipinski definition) is 4. The van der Waals surface area contributed by atoms with Gasteiger partial charge in [0.2, 0.25) is 0 Å². The summed E-state index contributed by atoms with van der Waals surface area (Å²) < 4.78 is 0. The van der Waals surface area contributed by atoms with Crippen LogP contribution >= 0.6 is 0 Å². The van der Waals surface area contributed by atoms with Crippen LogP contribution in [0.3, 0.4) is 0 Å². The van der Waals surface area contributed by atoms with Gasteiger partial charge < -0.3 is 10.3 Å². The van der Waals surface area contributed by atoms with Gasteiger partial charge in [0, 0.05) is 30.1 Å². The van der Waals surface area contributed by atoms with E-state index in [0.29, 0.717) is 11.3 Å². The molecule has 1 aliphatic rings. The fraction of sp³-hybridized carbons (Fsp3) is 0.182. The van der Waals surface area contributed by atoms with Crippen molar-refractivity contribution in [3.05, 3.63) is 34.5 Å². The first-order valence-corrected chi connectivity index (χ1v) is 5.32. The van der Waals surface area contributed by atoms with E-state index in [9.17, 15) is 4.79 Å². The Hall–Kier alpha value is -2.11. The van der Waals surface area contributed by atoms with Gasteiger partial charge in [-0.3, -0.25) is 4.98 Å². The summed E-state index contributed by atoms with van der Waals surface area (Å²) in [6.45, 7) is 0.794. The van der Waals surface area contributed by atoms with Gasteiger partial charge in [-0.1, -0.05) is 11.5 Å². The summed E-state index contributed by atoms with van der Waals surface area (Å²) in [5.74, 6) is 0.658. The monoisotopic (exact) mass is 224 g/mol. The van der Waals surface area contributed by atoms with E-state index in [4.69, 9.17) is 7.85 Å². The molecule has 2 aromatic heterocycles. The molecule has 6 heteroatoms. The average Bonchev–Trinajstić information content (AvgIpc) is 2.75. The molecule has 0 saturated carbocycles. The van der Waals surface area contributed by atoms with Gasteiger partial charge >= 0.3 is 5.69 Å². The summed E-state index contributed by atoms with van der Waals surface area (Å²) in [7, 11) is 5.69. The summed E-state index contributed by atoms with van der Waals surface area (Å²) in [6, 6.07) is 1.79. The molecule has 0 saturated heterocycles. The molecular formula is C11H9BN4O. The van der Waals surface area contributed by atoms with Crippen molar-refractivity contribution in [2.45, 2.75) is 6.42 Å². The quantitative estimate of drug-likeness (QED) is 0.646. The number of nitrogens with one attached hydrogen (secondary N) is 2. The molecule has 1 aliphatic heterocycles. The van der Waals surface area contributed by atoms with Gasteiger partial charge in [-0.25, -0.2) is 4.79 Å². The number of anilines is 1. The lowest BCUT2D eigenvalue weighted by molar-refractivity contribution is 1.06. The molecule has 3 heterocycles. The minimum atomic E-state index is -0.365. The van der Waals surface area contributed by atoms with Crippen molar-refractivity contribution in [1.82, 2.24) is 15.0 Å². The molecule has 2 aromatic rings. The summed E-state index contributed by atoms with van der Waals surface area (Å²) >= 11 is 0.